The Hall–Kier alpha value is -0.610. The van der Waals surface area contributed by atoms with Crippen molar-refractivity contribution in [3.05, 3.63) is 0 Å². The molecule has 0 aromatic heterocycles. The Morgan fingerprint density at radius 1 is 1.33 bits per heavy atom. The minimum absolute atomic E-state index is 0. The van der Waals surface area contributed by atoms with Crippen molar-refractivity contribution in [1.82, 2.24) is 10.6 Å². The predicted molar refractivity (Wildman–Crippen MR) is 44.9 cm³/mol. The summed E-state index contributed by atoms with van der Waals surface area (Å²) in [6.45, 7) is 1.51. The molecule has 2 aliphatic rings. The van der Waals surface area contributed by atoms with E-state index in [1.54, 1.807) is 0 Å². The molecule has 0 saturated carbocycles. The highest BCUT2D eigenvalue weighted by atomic mass is 35.5. The summed E-state index contributed by atoms with van der Waals surface area (Å²) in [7, 11) is 0. The summed E-state index contributed by atoms with van der Waals surface area (Å²) in [5, 5.41) is 5.42. The first-order valence-corrected chi connectivity index (χ1v) is 3.78. The summed E-state index contributed by atoms with van der Waals surface area (Å²) in [5.74, 6) is -0.216. The molecule has 2 fully saturated rings. The Bertz CT molecular complexity index is 223. The van der Waals surface area contributed by atoms with Gasteiger partial charge in [-0.1, -0.05) is 0 Å². The van der Waals surface area contributed by atoms with Gasteiger partial charge in [-0.25, -0.2) is 0 Å². The molecular weight excluding hydrogens is 180 g/mol. The standard InChI is InChI=1S/C7H10N2O2.ClH/c10-5-3-7(6(11)9-5)1-2-8-4-7;/h8H,1-4H2,(H,9,10,11);1H. The van der Waals surface area contributed by atoms with E-state index in [1.165, 1.54) is 0 Å². The van der Waals surface area contributed by atoms with Crippen LogP contribution >= 0.6 is 12.4 Å². The zero-order valence-electron chi connectivity index (χ0n) is 6.55. The Morgan fingerprint density at radius 3 is 2.50 bits per heavy atom. The van der Waals surface area contributed by atoms with Crippen LogP contribution in [0.2, 0.25) is 0 Å². The zero-order chi connectivity index (χ0) is 7.90. The minimum atomic E-state index is -0.392. The molecule has 2 saturated heterocycles. The molecule has 1 atom stereocenters. The highest BCUT2D eigenvalue weighted by Crippen LogP contribution is 2.33. The number of halogens is 1. The Balaban J connectivity index is 0.000000720. The molecule has 2 heterocycles. The molecule has 1 spiro atoms. The Labute approximate surface area is 76.5 Å². The maximum Gasteiger partial charge on any atom is 0.234 e. The number of imide groups is 1. The van der Waals surface area contributed by atoms with E-state index in [-0.39, 0.29) is 24.2 Å². The van der Waals surface area contributed by atoms with Crippen molar-refractivity contribution in [1.29, 1.82) is 0 Å². The number of hydrogen-bond acceptors (Lipinski definition) is 3. The number of nitrogens with one attached hydrogen (secondary N) is 2. The van der Waals surface area contributed by atoms with Crippen LogP contribution < -0.4 is 10.6 Å². The predicted octanol–water partition coefficient (Wildman–Crippen LogP) is -0.566. The average Bonchev–Trinajstić information content (AvgIpc) is 2.45. The maximum absolute atomic E-state index is 11.2. The first kappa shape index (κ1) is 9.48. The van der Waals surface area contributed by atoms with Crippen LogP contribution in [0.15, 0.2) is 0 Å². The van der Waals surface area contributed by atoms with E-state index in [0.717, 1.165) is 13.0 Å². The molecule has 0 radical (unpaired) electrons. The average molecular weight is 191 g/mol. The summed E-state index contributed by atoms with van der Waals surface area (Å²) in [6.07, 6.45) is 1.17. The van der Waals surface area contributed by atoms with Gasteiger partial charge < -0.3 is 5.32 Å². The molecule has 68 valence electrons. The summed E-state index contributed by atoms with van der Waals surface area (Å²) >= 11 is 0. The van der Waals surface area contributed by atoms with E-state index >= 15 is 0 Å². The number of carbonyl (C=O) groups excluding carboxylic acids is 2. The SMILES string of the molecule is Cl.O=C1CC2(CCNC2)C(=O)N1. The van der Waals surface area contributed by atoms with Crippen LogP contribution in [0.4, 0.5) is 0 Å². The van der Waals surface area contributed by atoms with Crippen LogP contribution in [-0.2, 0) is 9.59 Å². The van der Waals surface area contributed by atoms with Gasteiger partial charge in [0, 0.05) is 13.0 Å². The third-order valence-electron chi connectivity index (χ3n) is 2.48. The van der Waals surface area contributed by atoms with Gasteiger partial charge in [0.25, 0.3) is 0 Å². The molecule has 2 aliphatic heterocycles. The molecule has 0 bridgehead atoms. The lowest BCUT2D eigenvalue weighted by atomic mass is 9.86. The molecular formula is C7H11ClN2O2. The monoisotopic (exact) mass is 190 g/mol. The van der Waals surface area contributed by atoms with Gasteiger partial charge in [-0.15, -0.1) is 12.4 Å². The van der Waals surface area contributed by atoms with E-state index in [2.05, 4.69) is 10.6 Å². The van der Waals surface area contributed by atoms with Gasteiger partial charge in [0.2, 0.25) is 11.8 Å². The Morgan fingerprint density at radius 2 is 2.08 bits per heavy atom. The van der Waals surface area contributed by atoms with Gasteiger partial charge in [0.15, 0.2) is 0 Å². The highest BCUT2D eigenvalue weighted by molar-refractivity contribution is 6.06. The normalized spacial score (nSPS) is 33.7. The van der Waals surface area contributed by atoms with E-state index in [1.807, 2.05) is 0 Å². The second-order valence-electron chi connectivity index (χ2n) is 3.26. The van der Waals surface area contributed by atoms with E-state index in [0.29, 0.717) is 13.0 Å². The molecule has 1 unspecified atom stereocenters. The lowest BCUT2D eigenvalue weighted by Crippen LogP contribution is -2.33. The topological polar surface area (TPSA) is 58.2 Å². The second kappa shape index (κ2) is 3.03. The van der Waals surface area contributed by atoms with E-state index in [4.69, 9.17) is 0 Å². The smallest absolute Gasteiger partial charge is 0.234 e. The van der Waals surface area contributed by atoms with Crippen LogP contribution in [0.1, 0.15) is 12.8 Å². The van der Waals surface area contributed by atoms with Gasteiger partial charge in [0.1, 0.15) is 0 Å². The van der Waals surface area contributed by atoms with Gasteiger partial charge in [0.05, 0.1) is 5.41 Å². The zero-order valence-corrected chi connectivity index (χ0v) is 7.37. The van der Waals surface area contributed by atoms with Gasteiger partial charge in [-0.05, 0) is 13.0 Å². The van der Waals surface area contributed by atoms with E-state index < -0.39 is 5.41 Å². The highest BCUT2D eigenvalue weighted by Gasteiger charge is 2.48. The summed E-state index contributed by atoms with van der Waals surface area (Å²) in [6, 6.07) is 0. The number of amides is 2. The van der Waals surface area contributed by atoms with Gasteiger partial charge in [-0.2, -0.15) is 0 Å². The quantitative estimate of drug-likeness (QED) is 0.504. The van der Waals surface area contributed by atoms with Crippen molar-refractivity contribution < 1.29 is 9.59 Å². The van der Waals surface area contributed by atoms with Crippen molar-refractivity contribution in [2.75, 3.05) is 13.1 Å². The fourth-order valence-corrected chi connectivity index (χ4v) is 1.78. The molecule has 0 aromatic carbocycles. The van der Waals surface area contributed by atoms with Crippen LogP contribution in [-0.4, -0.2) is 24.9 Å². The lowest BCUT2D eigenvalue weighted by molar-refractivity contribution is -0.128. The second-order valence-corrected chi connectivity index (χ2v) is 3.26. The first-order valence-electron chi connectivity index (χ1n) is 3.78. The Kier molecular flexibility index (Phi) is 2.39. The number of hydrogen-bond donors (Lipinski definition) is 2. The van der Waals surface area contributed by atoms with Crippen molar-refractivity contribution in [3.8, 4) is 0 Å². The van der Waals surface area contributed by atoms with E-state index in [9.17, 15) is 9.59 Å². The largest absolute Gasteiger partial charge is 0.316 e. The first-order chi connectivity index (χ1) is 5.23. The fraction of sp³-hybridized carbons (Fsp3) is 0.714. The number of rotatable bonds is 0. The van der Waals surface area contributed by atoms with Crippen LogP contribution in [0, 0.1) is 5.41 Å². The molecule has 2 amide bonds. The third-order valence-corrected chi connectivity index (χ3v) is 2.48. The molecule has 0 aliphatic carbocycles. The molecule has 2 rings (SSSR count). The third kappa shape index (κ3) is 1.21. The summed E-state index contributed by atoms with van der Waals surface area (Å²) in [4.78, 5) is 22.1. The molecule has 0 aromatic rings. The fourth-order valence-electron chi connectivity index (χ4n) is 1.78. The number of carbonyl (C=O) groups is 2. The summed E-state index contributed by atoms with van der Waals surface area (Å²) in [5.41, 5.74) is -0.392. The van der Waals surface area contributed by atoms with Crippen molar-refractivity contribution in [3.63, 3.8) is 0 Å². The van der Waals surface area contributed by atoms with Crippen molar-refractivity contribution in [2.45, 2.75) is 12.8 Å². The lowest BCUT2D eigenvalue weighted by Gasteiger charge is -2.14. The molecule has 4 nitrogen and oxygen atoms in total. The van der Waals surface area contributed by atoms with Gasteiger partial charge in [-0.3, -0.25) is 14.9 Å². The molecule has 12 heavy (non-hydrogen) atoms. The molecule has 2 N–H and O–H groups in total. The van der Waals surface area contributed by atoms with Crippen LogP contribution in [0.3, 0.4) is 0 Å². The van der Waals surface area contributed by atoms with Crippen molar-refractivity contribution in [2.24, 2.45) is 5.41 Å². The molecule has 5 heteroatoms. The minimum Gasteiger partial charge on any atom is -0.316 e. The van der Waals surface area contributed by atoms with Crippen LogP contribution in [0.5, 0.6) is 0 Å². The summed E-state index contributed by atoms with van der Waals surface area (Å²) < 4.78 is 0. The maximum atomic E-state index is 11.2. The van der Waals surface area contributed by atoms with Crippen molar-refractivity contribution >= 4 is 24.2 Å². The van der Waals surface area contributed by atoms with Gasteiger partial charge >= 0.3 is 0 Å². The van der Waals surface area contributed by atoms with Crippen LogP contribution in [0.25, 0.3) is 0 Å².